The molecule has 1 aliphatic carbocycles. The van der Waals surface area contributed by atoms with Gasteiger partial charge < -0.3 is 24.7 Å². The molecule has 0 aliphatic heterocycles. The van der Waals surface area contributed by atoms with E-state index in [0.717, 1.165) is 37.3 Å². The highest BCUT2D eigenvalue weighted by Gasteiger charge is 2.29. The van der Waals surface area contributed by atoms with E-state index in [1.807, 2.05) is 26.0 Å². The fraction of sp³-hybridized carbons (Fsp3) is 0.281. The molecule has 1 aliphatic rings. The van der Waals surface area contributed by atoms with E-state index in [2.05, 4.69) is 30.3 Å². The first-order valence-electron chi connectivity index (χ1n) is 12.6. The number of rotatable bonds is 7. The number of carbonyl (C=O) groups excluding carboxylic acids is 1. The van der Waals surface area contributed by atoms with Crippen LogP contribution < -0.4 is 14.8 Å². The molecule has 3 aromatic carbocycles. The fourth-order valence-corrected chi connectivity index (χ4v) is 4.10. The molecular weight excluding hydrogens is 535 g/mol. The maximum atomic E-state index is 13.5. The quantitative estimate of drug-likeness (QED) is 0.285. The van der Waals surface area contributed by atoms with Crippen LogP contribution in [0.2, 0.25) is 0 Å². The van der Waals surface area contributed by atoms with Crippen molar-refractivity contribution in [3.63, 3.8) is 0 Å². The minimum atomic E-state index is -3.00. The number of fused-ring (bicyclic) bond motifs is 1. The first-order valence-corrected chi connectivity index (χ1v) is 12.6. The lowest BCUT2D eigenvalue weighted by molar-refractivity contribution is -0.139. The minimum Gasteiger partial charge on any atom is -0.482 e. The average molecular weight is 572 g/mol. The number of hydrogen-bond acceptors (Lipinski definition) is 5. The van der Waals surface area contributed by atoms with Gasteiger partial charge in [0.15, 0.2) is 6.61 Å². The van der Waals surface area contributed by atoms with Gasteiger partial charge in [0.25, 0.3) is 5.92 Å². The van der Waals surface area contributed by atoms with Gasteiger partial charge in [0.1, 0.15) is 29.9 Å². The van der Waals surface area contributed by atoms with Crippen LogP contribution in [0.5, 0.6) is 17.2 Å². The maximum absolute atomic E-state index is 13.5. The lowest BCUT2D eigenvalue weighted by Gasteiger charge is -2.26. The summed E-state index contributed by atoms with van der Waals surface area (Å²) in [5.74, 6) is -3.24. The predicted octanol–water partition coefficient (Wildman–Crippen LogP) is 7.56. The summed E-state index contributed by atoms with van der Waals surface area (Å²) in [6.07, 6.45) is 3.18. The molecule has 1 atom stereocenters. The lowest BCUT2D eigenvalue weighted by Crippen LogP contribution is -2.22. The molecule has 0 unspecified atom stereocenters. The van der Waals surface area contributed by atoms with Crippen LogP contribution >= 0.6 is 0 Å². The number of halogens is 3. The zero-order valence-corrected chi connectivity index (χ0v) is 23.5. The van der Waals surface area contributed by atoms with Crippen molar-refractivity contribution in [1.82, 2.24) is 5.32 Å². The van der Waals surface area contributed by atoms with Gasteiger partial charge in [-0.15, -0.1) is 5.73 Å². The molecular formula is C32H36F3NO5. The van der Waals surface area contributed by atoms with Gasteiger partial charge in [0, 0.05) is 13.0 Å². The number of carboxylic acid groups (broad SMARTS) is 1. The number of aliphatic carboxylic acids is 1. The monoisotopic (exact) mass is 571 g/mol. The molecule has 0 bridgehead atoms. The van der Waals surface area contributed by atoms with E-state index in [1.165, 1.54) is 42.0 Å². The van der Waals surface area contributed by atoms with Crippen molar-refractivity contribution in [2.45, 2.75) is 45.1 Å². The van der Waals surface area contributed by atoms with E-state index in [4.69, 9.17) is 19.4 Å². The zero-order chi connectivity index (χ0) is 31.0. The summed E-state index contributed by atoms with van der Waals surface area (Å²) < 4.78 is 50.5. The third kappa shape index (κ3) is 11.4. The van der Waals surface area contributed by atoms with Gasteiger partial charge in [-0.05, 0) is 86.8 Å². The van der Waals surface area contributed by atoms with Gasteiger partial charge in [-0.2, -0.15) is 0 Å². The van der Waals surface area contributed by atoms with Gasteiger partial charge in [-0.3, -0.25) is 0 Å². The Morgan fingerprint density at radius 3 is 2.29 bits per heavy atom. The molecule has 9 heteroatoms. The number of alkyl halides is 2. The van der Waals surface area contributed by atoms with Crippen LogP contribution in [0.4, 0.5) is 13.2 Å². The van der Waals surface area contributed by atoms with Crippen molar-refractivity contribution in [2.75, 3.05) is 13.7 Å². The van der Waals surface area contributed by atoms with E-state index in [0.29, 0.717) is 17.5 Å². The maximum Gasteiger partial charge on any atom is 0.341 e. The van der Waals surface area contributed by atoms with Crippen LogP contribution in [-0.4, -0.2) is 31.5 Å². The first-order chi connectivity index (χ1) is 19.5. The largest absolute Gasteiger partial charge is 0.482 e. The number of hydrogen-bond donors (Lipinski definition) is 2. The molecule has 4 rings (SSSR count). The number of nitrogens with one attached hydrogen (secondary N) is 1. The van der Waals surface area contributed by atoms with Gasteiger partial charge in [-0.1, -0.05) is 36.9 Å². The normalized spacial score (nSPS) is 13.3. The highest BCUT2D eigenvalue weighted by molar-refractivity contribution is 5.68. The van der Waals surface area contributed by atoms with Crippen LogP contribution in [0, 0.1) is 12.7 Å². The van der Waals surface area contributed by atoms with Crippen molar-refractivity contribution in [1.29, 1.82) is 0 Å². The standard InChI is InChI=1S/C15H13F3O.C13H17NO3.C3H4.CH2O/c1-10-3-8-14(13(9-10)15(2,17)18)19-12-6-4-11(16)5-7-12;1-14-11-6-2-5-10-9(11)4-3-7-12(10)17-8-13(15)16;1-3-2;1-2/h3-9H,1-2H3;3-4,7,11,14H,2,5-6,8H2,1H3,(H,15,16);1-2H2;1H2/t;11-;;/m.1../s1. The summed E-state index contributed by atoms with van der Waals surface area (Å²) >= 11 is 0. The molecule has 3 aromatic rings. The van der Waals surface area contributed by atoms with Crippen molar-refractivity contribution in [3.05, 3.63) is 108 Å². The SMILES string of the molecule is C=C=C.C=O.CN[C@@H]1CCCc2c(OCC(=O)O)cccc21.Cc1ccc(Oc2ccc(F)cc2)c(C(C)(F)F)c1. The number of ether oxygens (including phenoxy) is 2. The summed E-state index contributed by atoms with van der Waals surface area (Å²) in [6, 6.07) is 16.0. The van der Waals surface area contributed by atoms with Crippen molar-refractivity contribution in [3.8, 4) is 17.2 Å². The zero-order valence-electron chi connectivity index (χ0n) is 23.5. The molecule has 0 radical (unpaired) electrons. The van der Waals surface area contributed by atoms with Crippen LogP contribution in [0.1, 0.15) is 48.1 Å². The van der Waals surface area contributed by atoms with Crippen molar-refractivity contribution < 1.29 is 37.3 Å². The molecule has 0 amide bonds. The summed E-state index contributed by atoms with van der Waals surface area (Å²) in [5, 5.41) is 11.9. The molecule has 220 valence electrons. The molecule has 0 spiro atoms. The minimum absolute atomic E-state index is 0.0738. The second kappa shape index (κ2) is 17.4. The Balaban J connectivity index is 0.000000356. The van der Waals surface area contributed by atoms with E-state index >= 15 is 0 Å². The highest BCUT2D eigenvalue weighted by Crippen LogP contribution is 2.37. The predicted molar refractivity (Wildman–Crippen MR) is 153 cm³/mol. The summed E-state index contributed by atoms with van der Waals surface area (Å²) in [5.41, 5.74) is 5.18. The second-order valence-corrected chi connectivity index (χ2v) is 8.93. The average Bonchev–Trinajstić information content (AvgIpc) is 2.95. The Bertz CT molecular complexity index is 1280. The van der Waals surface area contributed by atoms with Gasteiger partial charge >= 0.3 is 5.97 Å². The van der Waals surface area contributed by atoms with Gasteiger partial charge in [0.05, 0.1) is 5.56 Å². The Kier molecular flexibility index (Phi) is 14.7. The van der Waals surface area contributed by atoms with Crippen LogP contribution in [0.3, 0.4) is 0 Å². The van der Waals surface area contributed by atoms with E-state index < -0.39 is 17.7 Å². The molecule has 0 fully saturated rings. The first kappa shape index (κ1) is 34.7. The third-order valence-corrected chi connectivity index (χ3v) is 5.81. The van der Waals surface area contributed by atoms with Crippen LogP contribution in [-0.2, 0) is 21.9 Å². The van der Waals surface area contributed by atoms with E-state index in [1.54, 1.807) is 13.0 Å². The number of aryl methyl sites for hydroxylation is 1. The summed E-state index contributed by atoms with van der Waals surface area (Å²) in [6.45, 7) is 10.5. The van der Waals surface area contributed by atoms with Gasteiger partial charge in [-0.25, -0.2) is 18.0 Å². The van der Waals surface area contributed by atoms with Gasteiger partial charge in [0.2, 0.25) is 0 Å². The number of carbonyl (C=O) groups is 2. The Hall–Kier alpha value is -4.33. The molecule has 0 saturated carbocycles. The number of benzene rings is 3. The summed E-state index contributed by atoms with van der Waals surface area (Å²) in [4.78, 5) is 18.5. The van der Waals surface area contributed by atoms with Crippen LogP contribution in [0.25, 0.3) is 0 Å². The molecule has 41 heavy (non-hydrogen) atoms. The molecule has 0 saturated heterocycles. The van der Waals surface area contributed by atoms with Crippen molar-refractivity contribution in [2.24, 2.45) is 0 Å². The Morgan fingerprint density at radius 1 is 1.10 bits per heavy atom. The summed E-state index contributed by atoms with van der Waals surface area (Å²) in [7, 11) is 1.95. The smallest absolute Gasteiger partial charge is 0.341 e. The molecule has 0 aromatic heterocycles. The topological polar surface area (TPSA) is 84.9 Å². The fourth-order valence-electron chi connectivity index (χ4n) is 4.10. The van der Waals surface area contributed by atoms with Crippen LogP contribution in [0.15, 0.2) is 79.6 Å². The third-order valence-electron chi connectivity index (χ3n) is 5.81. The molecule has 0 heterocycles. The molecule has 6 nitrogen and oxygen atoms in total. The molecule has 2 N–H and O–H groups in total. The highest BCUT2D eigenvalue weighted by atomic mass is 19.3. The number of carboxylic acids is 1. The van der Waals surface area contributed by atoms with Crippen molar-refractivity contribution >= 4 is 12.8 Å². The van der Waals surface area contributed by atoms with E-state index in [-0.39, 0.29) is 17.9 Å². The lowest BCUT2D eigenvalue weighted by atomic mass is 9.87. The Morgan fingerprint density at radius 2 is 1.73 bits per heavy atom. The van der Waals surface area contributed by atoms with E-state index in [9.17, 15) is 18.0 Å². The second-order valence-electron chi connectivity index (χ2n) is 8.93. The Labute approximate surface area is 239 Å².